The molecule has 1 aromatic rings. The summed E-state index contributed by atoms with van der Waals surface area (Å²) in [5, 5.41) is 3.16. The lowest BCUT2D eigenvalue weighted by molar-refractivity contribution is -0.115. The van der Waals surface area contributed by atoms with E-state index >= 15 is 0 Å². The van der Waals surface area contributed by atoms with E-state index < -0.39 is 16.1 Å². The molecule has 9 heteroatoms. The smallest absolute Gasteiger partial charge is 0.279 e. The highest BCUT2D eigenvalue weighted by atomic mass is 35.5. The van der Waals surface area contributed by atoms with Gasteiger partial charge < -0.3 is 5.32 Å². The SMILES string of the molecule is CN(C)S(=O)(=O)NCC(=O)Nc1ccc(Cl)c(Cl)c1. The molecule has 2 N–H and O–H groups in total. The fourth-order valence-corrected chi connectivity index (χ4v) is 1.93. The first kappa shape index (κ1) is 16.2. The summed E-state index contributed by atoms with van der Waals surface area (Å²) in [7, 11) is -0.904. The van der Waals surface area contributed by atoms with E-state index in [2.05, 4.69) is 10.0 Å². The Labute approximate surface area is 121 Å². The molecule has 1 aromatic carbocycles. The number of nitrogens with zero attached hydrogens (tertiary/aromatic N) is 1. The number of hydrogen-bond acceptors (Lipinski definition) is 3. The first-order chi connectivity index (χ1) is 8.72. The van der Waals surface area contributed by atoms with E-state index in [9.17, 15) is 13.2 Å². The van der Waals surface area contributed by atoms with Gasteiger partial charge in [0.2, 0.25) is 5.91 Å². The molecule has 1 amide bonds. The average molecular weight is 326 g/mol. The van der Waals surface area contributed by atoms with Crippen molar-refractivity contribution in [2.24, 2.45) is 0 Å². The second kappa shape index (κ2) is 6.53. The third kappa shape index (κ3) is 4.96. The summed E-state index contributed by atoms with van der Waals surface area (Å²) in [6.45, 7) is -0.374. The van der Waals surface area contributed by atoms with Crippen LogP contribution in [-0.4, -0.2) is 39.3 Å². The van der Waals surface area contributed by atoms with Crippen molar-refractivity contribution in [2.45, 2.75) is 0 Å². The third-order valence-corrected chi connectivity index (χ3v) is 4.31. The predicted octanol–water partition coefficient (Wildman–Crippen LogP) is 1.33. The van der Waals surface area contributed by atoms with E-state index in [0.717, 1.165) is 4.31 Å². The summed E-state index contributed by atoms with van der Waals surface area (Å²) in [6, 6.07) is 4.57. The normalized spacial score (nSPS) is 11.6. The summed E-state index contributed by atoms with van der Waals surface area (Å²) >= 11 is 11.5. The van der Waals surface area contributed by atoms with E-state index in [1.807, 2.05) is 0 Å². The molecule has 0 aliphatic rings. The Bertz CT molecular complexity index is 575. The first-order valence-corrected chi connectivity index (χ1v) is 7.34. The molecule has 0 bridgehead atoms. The van der Waals surface area contributed by atoms with Crippen LogP contribution in [0.1, 0.15) is 0 Å². The predicted molar refractivity (Wildman–Crippen MR) is 75.7 cm³/mol. The number of carbonyl (C=O) groups is 1. The van der Waals surface area contributed by atoms with Gasteiger partial charge in [-0.2, -0.15) is 17.4 Å². The quantitative estimate of drug-likeness (QED) is 0.857. The third-order valence-electron chi connectivity index (χ3n) is 2.10. The van der Waals surface area contributed by atoms with Crippen molar-refractivity contribution in [3.8, 4) is 0 Å². The molecule has 0 spiro atoms. The van der Waals surface area contributed by atoms with Crippen LogP contribution in [0, 0.1) is 0 Å². The zero-order valence-electron chi connectivity index (χ0n) is 10.3. The monoisotopic (exact) mass is 325 g/mol. The fraction of sp³-hybridized carbons (Fsp3) is 0.300. The van der Waals surface area contributed by atoms with Gasteiger partial charge in [-0.05, 0) is 18.2 Å². The van der Waals surface area contributed by atoms with Crippen LogP contribution in [0.2, 0.25) is 10.0 Å². The van der Waals surface area contributed by atoms with E-state index in [0.29, 0.717) is 15.7 Å². The van der Waals surface area contributed by atoms with Crippen molar-refractivity contribution in [2.75, 3.05) is 26.0 Å². The van der Waals surface area contributed by atoms with Gasteiger partial charge in [-0.15, -0.1) is 0 Å². The topological polar surface area (TPSA) is 78.5 Å². The summed E-state index contributed by atoms with van der Waals surface area (Å²) in [4.78, 5) is 11.5. The van der Waals surface area contributed by atoms with Crippen molar-refractivity contribution in [1.82, 2.24) is 9.03 Å². The molecule has 0 aliphatic carbocycles. The molecular weight excluding hydrogens is 313 g/mol. The molecular formula is C10H13Cl2N3O3S. The summed E-state index contributed by atoms with van der Waals surface area (Å²) in [6.07, 6.45) is 0. The van der Waals surface area contributed by atoms with Crippen LogP contribution in [0.4, 0.5) is 5.69 Å². The van der Waals surface area contributed by atoms with Crippen LogP contribution in [-0.2, 0) is 15.0 Å². The molecule has 0 atom stereocenters. The van der Waals surface area contributed by atoms with Crippen LogP contribution < -0.4 is 10.0 Å². The van der Waals surface area contributed by atoms with Crippen molar-refractivity contribution >= 4 is 45.0 Å². The van der Waals surface area contributed by atoms with Crippen LogP contribution in [0.3, 0.4) is 0 Å². The maximum atomic E-state index is 11.5. The molecule has 0 saturated carbocycles. The molecule has 0 aliphatic heterocycles. The molecule has 0 unspecified atom stereocenters. The van der Waals surface area contributed by atoms with Crippen molar-refractivity contribution in [3.05, 3.63) is 28.2 Å². The summed E-state index contributed by atoms with van der Waals surface area (Å²) < 4.78 is 25.9. The maximum absolute atomic E-state index is 11.5. The van der Waals surface area contributed by atoms with Crippen LogP contribution in [0.15, 0.2) is 18.2 Å². The van der Waals surface area contributed by atoms with Crippen molar-refractivity contribution < 1.29 is 13.2 Å². The minimum Gasteiger partial charge on any atom is -0.325 e. The highest BCUT2D eigenvalue weighted by Crippen LogP contribution is 2.24. The average Bonchev–Trinajstić information content (AvgIpc) is 2.31. The van der Waals surface area contributed by atoms with Crippen LogP contribution in [0.5, 0.6) is 0 Å². The first-order valence-electron chi connectivity index (χ1n) is 5.14. The van der Waals surface area contributed by atoms with Gasteiger partial charge in [-0.3, -0.25) is 4.79 Å². The largest absolute Gasteiger partial charge is 0.325 e. The molecule has 0 heterocycles. The van der Waals surface area contributed by atoms with Crippen molar-refractivity contribution in [1.29, 1.82) is 0 Å². The van der Waals surface area contributed by atoms with Gasteiger partial charge in [0.05, 0.1) is 16.6 Å². The van der Waals surface area contributed by atoms with E-state index in [1.165, 1.54) is 26.2 Å². The lowest BCUT2D eigenvalue weighted by Gasteiger charge is -2.12. The molecule has 19 heavy (non-hydrogen) atoms. The Balaban J connectivity index is 2.59. The molecule has 0 saturated heterocycles. The van der Waals surface area contributed by atoms with Gasteiger partial charge in [0, 0.05) is 19.8 Å². The second-order valence-corrected chi connectivity index (χ2v) is 6.57. The van der Waals surface area contributed by atoms with Gasteiger partial charge >= 0.3 is 0 Å². The molecule has 0 aromatic heterocycles. The van der Waals surface area contributed by atoms with Gasteiger partial charge in [0.1, 0.15) is 0 Å². The Morgan fingerprint density at radius 2 is 1.89 bits per heavy atom. The number of anilines is 1. The summed E-state index contributed by atoms with van der Waals surface area (Å²) in [5.74, 6) is -0.510. The minimum atomic E-state index is -3.63. The van der Waals surface area contributed by atoms with Crippen molar-refractivity contribution in [3.63, 3.8) is 0 Å². The molecule has 0 fully saturated rings. The lowest BCUT2D eigenvalue weighted by atomic mass is 10.3. The number of amides is 1. The number of carbonyl (C=O) groups excluding carboxylic acids is 1. The lowest BCUT2D eigenvalue weighted by Crippen LogP contribution is -2.40. The second-order valence-electron chi connectivity index (χ2n) is 3.79. The Morgan fingerprint density at radius 1 is 1.26 bits per heavy atom. The zero-order valence-corrected chi connectivity index (χ0v) is 12.6. The number of nitrogens with one attached hydrogen (secondary N) is 2. The zero-order chi connectivity index (χ0) is 14.6. The van der Waals surface area contributed by atoms with Crippen LogP contribution in [0.25, 0.3) is 0 Å². The van der Waals surface area contributed by atoms with Gasteiger partial charge in [-0.25, -0.2) is 0 Å². The van der Waals surface area contributed by atoms with E-state index in [1.54, 1.807) is 6.07 Å². The fourth-order valence-electron chi connectivity index (χ4n) is 1.06. The minimum absolute atomic E-state index is 0.299. The maximum Gasteiger partial charge on any atom is 0.279 e. The number of halogens is 2. The molecule has 1 rings (SSSR count). The Kier molecular flexibility index (Phi) is 5.57. The highest BCUT2D eigenvalue weighted by Gasteiger charge is 2.14. The van der Waals surface area contributed by atoms with Gasteiger partial charge in [0.25, 0.3) is 10.2 Å². The molecule has 6 nitrogen and oxygen atoms in total. The molecule has 0 radical (unpaired) electrons. The van der Waals surface area contributed by atoms with E-state index in [-0.39, 0.29) is 6.54 Å². The van der Waals surface area contributed by atoms with E-state index in [4.69, 9.17) is 23.2 Å². The Morgan fingerprint density at radius 3 is 2.42 bits per heavy atom. The number of benzene rings is 1. The summed E-state index contributed by atoms with van der Waals surface area (Å²) in [5.41, 5.74) is 0.434. The van der Waals surface area contributed by atoms with Crippen LogP contribution >= 0.6 is 23.2 Å². The number of rotatable bonds is 5. The molecule has 106 valence electrons. The number of hydrogen-bond donors (Lipinski definition) is 2. The van der Waals surface area contributed by atoms with Gasteiger partial charge in [-0.1, -0.05) is 23.2 Å². The Hall–Kier alpha value is -0.860. The van der Waals surface area contributed by atoms with Gasteiger partial charge in [0.15, 0.2) is 0 Å². The highest BCUT2D eigenvalue weighted by molar-refractivity contribution is 7.87. The standard InChI is InChI=1S/C10H13Cl2N3O3S/c1-15(2)19(17,18)13-6-10(16)14-7-3-4-8(11)9(12)5-7/h3-5,13H,6H2,1-2H3,(H,14,16).